The molecule has 0 unspecified atom stereocenters. The van der Waals surface area contributed by atoms with Gasteiger partial charge in [-0.15, -0.1) is 0 Å². The van der Waals surface area contributed by atoms with E-state index < -0.39 is 11.4 Å². The number of hydrogen-bond acceptors (Lipinski definition) is 5. The Hall–Kier alpha value is -1.89. The van der Waals surface area contributed by atoms with Crippen LogP contribution in [0.1, 0.15) is 38.8 Å². The molecule has 0 radical (unpaired) electrons. The van der Waals surface area contributed by atoms with Crippen molar-refractivity contribution in [1.82, 2.24) is 5.01 Å². The largest absolute Gasteiger partial charge is 0.492 e. The van der Waals surface area contributed by atoms with Crippen LogP contribution in [-0.4, -0.2) is 41.5 Å². The molecule has 144 valence electrons. The molecule has 26 heavy (non-hydrogen) atoms. The van der Waals surface area contributed by atoms with Crippen molar-refractivity contribution in [2.45, 2.75) is 46.4 Å². The van der Waals surface area contributed by atoms with Crippen molar-refractivity contribution in [3.8, 4) is 0 Å². The highest BCUT2D eigenvalue weighted by Gasteiger charge is 2.29. The Morgan fingerprint density at radius 3 is 2.23 bits per heavy atom. The molecular formula is C19H27ClN2O4. The molecule has 1 rings (SSSR count). The second-order valence-corrected chi connectivity index (χ2v) is 7.06. The van der Waals surface area contributed by atoms with Crippen LogP contribution in [0.5, 0.6) is 0 Å². The number of aliphatic hydroxyl groups excluding tert-OH is 1. The fourth-order valence-corrected chi connectivity index (χ4v) is 2.20. The molecule has 1 aromatic rings. The molecule has 0 saturated carbocycles. The topological polar surface area (TPSA) is 71.4 Å². The van der Waals surface area contributed by atoms with Crippen LogP contribution in [0.2, 0.25) is 0 Å². The molecule has 0 bridgehead atoms. The van der Waals surface area contributed by atoms with Crippen LogP contribution >= 0.6 is 11.6 Å². The van der Waals surface area contributed by atoms with E-state index in [1.165, 1.54) is 5.01 Å². The highest BCUT2D eigenvalue weighted by atomic mass is 35.5. The van der Waals surface area contributed by atoms with Crippen molar-refractivity contribution < 1.29 is 19.4 Å². The summed E-state index contributed by atoms with van der Waals surface area (Å²) in [5.41, 5.74) is 1.40. The van der Waals surface area contributed by atoms with Crippen molar-refractivity contribution >= 4 is 24.2 Å². The molecule has 0 heterocycles. The fraction of sp³-hybridized carbons (Fsp3) is 0.474. The molecule has 0 aliphatic heterocycles. The van der Waals surface area contributed by atoms with Gasteiger partial charge in [-0.1, -0.05) is 35.9 Å². The van der Waals surface area contributed by atoms with Gasteiger partial charge in [0, 0.05) is 6.72 Å². The van der Waals surface area contributed by atoms with Crippen molar-refractivity contribution in [1.29, 1.82) is 0 Å². The SMILES string of the molecule is C=NN(C(=O)/C(Cl)=C(\C)OCc1ccc(COCCO)cc1)C(C)(C)C. The van der Waals surface area contributed by atoms with Gasteiger partial charge < -0.3 is 14.6 Å². The monoisotopic (exact) mass is 382 g/mol. The first-order valence-corrected chi connectivity index (χ1v) is 8.65. The van der Waals surface area contributed by atoms with Gasteiger partial charge in [0.15, 0.2) is 0 Å². The summed E-state index contributed by atoms with van der Waals surface area (Å²) in [6.45, 7) is 11.6. The van der Waals surface area contributed by atoms with Gasteiger partial charge in [-0.2, -0.15) is 5.10 Å². The third-order valence-corrected chi connectivity index (χ3v) is 3.88. The van der Waals surface area contributed by atoms with Gasteiger partial charge in [-0.25, -0.2) is 5.01 Å². The van der Waals surface area contributed by atoms with Gasteiger partial charge in [0.05, 0.1) is 25.4 Å². The highest BCUT2D eigenvalue weighted by Crippen LogP contribution is 2.22. The average Bonchev–Trinajstić information content (AvgIpc) is 2.59. The van der Waals surface area contributed by atoms with Gasteiger partial charge in [0.2, 0.25) is 0 Å². The Balaban J connectivity index is 2.68. The molecule has 1 aromatic carbocycles. The standard InChI is InChI=1S/C19H27ClN2O4/c1-14(17(20)18(24)22(21-5)19(2,3)4)26-13-16-8-6-15(7-9-16)12-25-11-10-23/h6-9,23H,5,10-13H2,1-4H3/b17-14-. The number of halogens is 1. The lowest BCUT2D eigenvalue weighted by atomic mass is 10.1. The maximum absolute atomic E-state index is 12.4. The predicted octanol–water partition coefficient (Wildman–Crippen LogP) is 3.43. The molecular weight excluding hydrogens is 356 g/mol. The molecule has 0 saturated heterocycles. The van der Waals surface area contributed by atoms with Crippen LogP contribution in [0, 0.1) is 0 Å². The minimum absolute atomic E-state index is 0.00499. The number of allylic oxidation sites excluding steroid dienone is 1. The van der Waals surface area contributed by atoms with Crippen LogP contribution in [0.25, 0.3) is 0 Å². The summed E-state index contributed by atoms with van der Waals surface area (Å²) in [5.74, 6) is -0.132. The number of ether oxygens (including phenoxy) is 2. The summed E-state index contributed by atoms with van der Waals surface area (Å²) in [4.78, 5) is 12.4. The molecule has 0 aromatic heterocycles. The minimum atomic E-state index is -0.535. The predicted molar refractivity (Wildman–Crippen MR) is 103 cm³/mol. The lowest BCUT2D eigenvalue weighted by molar-refractivity contribution is -0.131. The fourth-order valence-electron chi connectivity index (χ4n) is 2.07. The summed E-state index contributed by atoms with van der Waals surface area (Å²) < 4.78 is 10.9. The first kappa shape index (κ1) is 22.2. The maximum atomic E-state index is 12.4. The number of carbonyl (C=O) groups is 1. The van der Waals surface area contributed by atoms with E-state index in [1.807, 2.05) is 45.0 Å². The lowest BCUT2D eigenvalue weighted by Gasteiger charge is -2.30. The van der Waals surface area contributed by atoms with Crippen molar-refractivity contribution in [3.05, 3.63) is 46.2 Å². The minimum Gasteiger partial charge on any atom is -0.492 e. The molecule has 0 aliphatic rings. The van der Waals surface area contributed by atoms with Gasteiger partial charge in [0.1, 0.15) is 17.4 Å². The zero-order valence-corrected chi connectivity index (χ0v) is 16.5. The highest BCUT2D eigenvalue weighted by molar-refractivity contribution is 6.42. The summed E-state index contributed by atoms with van der Waals surface area (Å²) in [6.07, 6.45) is 0. The van der Waals surface area contributed by atoms with Crippen LogP contribution in [0.4, 0.5) is 0 Å². The van der Waals surface area contributed by atoms with E-state index in [0.29, 0.717) is 19.0 Å². The molecule has 0 atom stereocenters. The molecule has 1 amide bonds. The quantitative estimate of drug-likeness (QED) is 0.233. The van der Waals surface area contributed by atoms with E-state index in [4.69, 9.17) is 26.2 Å². The van der Waals surface area contributed by atoms with E-state index in [1.54, 1.807) is 6.92 Å². The third-order valence-electron chi connectivity index (χ3n) is 3.45. The van der Waals surface area contributed by atoms with Gasteiger partial charge in [0.25, 0.3) is 5.91 Å². The first-order chi connectivity index (χ1) is 12.2. The first-order valence-electron chi connectivity index (χ1n) is 8.27. The Kier molecular flexibility index (Phi) is 8.78. The van der Waals surface area contributed by atoms with Crippen LogP contribution in [-0.2, 0) is 27.5 Å². The van der Waals surface area contributed by atoms with Gasteiger partial charge in [-0.05, 0) is 38.8 Å². The van der Waals surface area contributed by atoms with E-state index >= 15 is 0 Å². The third kappa shape index (κ3) is 6.78. The molecule has 7 heteroatoms. The van der Waals surface area contributed by atoms with Crippen molar-refractivity contribution in [2.75, 3.05) is 13.2 Å². The number of hydrazone groups is 1. The maximum Gasteiger partial charge on any atom is 0.289 e. The number of aliphatic hydroxyl groups is 1. The lowest BCUT2D eigenvalue weighted by Crippen LogP contribution is -2.41. The summed E-state index contributed by atoms with van der Waals surface area (Å²) in [7, 11) is 0. The number of rotatable bonds is 9. The number of amides is 1. The average molecular weight is 383 g/mol. The molecule has 0 spiro atoms. The van der Waals surface area contributed by atoms with Crippen LogP contribution < -0.4 is 0 Å². The molecule has 6 nitrogen and oxygen atoms in total. The van der Waals surface area contributed by atoms with Gasteiger partial charge >= 0.3 is 0 Å². The normalized spacial score (nSPS) is 12.4. The second-order valence-electron chi connectivity index (χ2n) is 6.68. The van der Waals surface area contributed by atoms with Crippen molar-refractivity contribution in [3.63, 3.8) is 0 Å². The van der Waals surface area contributed by atoms with Crippen molar-refractivity contribution in [2.24, 2.45) is 5.10 Å². The Bertz CT molecular complexity index is 636. The van der Waals surface area contributed by atoms with Crippen LogP contribution in [0.3, 0.4) is 0 Å². The smallest absolute Gasteiger partial charge is 0.289 e. The molecule has 1 N–H and O–H groups in total. The van der Waals surface area contributed by atoms with Gasteiger partial charge in [-0.3, -0.25) is 4.79 Å². The Morgan fingerprint density at radius 1 is 1.23 bits per heavy atom. The zero-order chi connectivity index (χ0) is 19.7. The molecule has 0 aliphatic carbocycles. The van der Waals surface area contributed by atoms with E-state index in [0.717, 1.165) is 11.1 Å². The Labute approximate surface area is 160 Å². The number of hydrogen-bond donors (Lipinski definition) is 1. The van der Waals surface area contributed by atoms with Crippen LogP contribution in [0.15, 0.2) is 40.2 Å². The molecule has 0 fully saturated rings. The van der Waals surface area contributed by atoms with E-state index in [-0.39, 0.29) is 18.2 Å². The number of carbonyl (C=O) groups excluding carboxylic acids is 1. The van der Waals surface area contributed by atoms with E-state index in [9.17, 15) is 4.79 Å². The zero-order valence-electron chi connectivity index (χ0n) is 15.8. The number of benzene rings is 1. The Morgan fingerprint density at radius 2 is 1.77 bits per heavy atom. The second kappa shape index (κ2) is 10.3. The number of nitrogens with zero attached hydrogens (tertiary/aromatic N) is 2. The summed E-state index contributed by atoms with van der Waals surface area (Å²) in [6, 6.07) is 7.66. The summed E-state index contributed by atoms with van der Waals surface area (Å²) in [5, 5.41) is 13.6. The summed E-state index contributed by atoms with van der Waals surface area (Å²) >= 11 is 6.16. The van der Waals surface area contributed by atoms with E-state index in [2.05, 4.69) is 11.8 Å².